The molecule has 0 radical (unpaired) electrons. The zero-order chi connectivity index (χ0) is 10.1. The van der Waals surface area contributed by atoms with Crippen molar-refractivity contribution in [3.63, 3.8) is 0 Å². The maximum atomic E-state index is 10.4. The van der Waals surface area contributed by atoms with Crippen LogP contribution in [0.2, 0.25) is 0 Å². The van der Waals surface area contributed by atoms with E-state index in [1.165, 1.54) is 0 Å². The highest BCUT2D eigenvalue weighted by Crippen LogP contribution is 2.22. The monoisotopic (exact) mass is 209 g/mol. The van der Waals surface area contributed by atoms with Gasteiger partial charge in [-0.1, -0.05) is 6.07 Å². The summed E-state index contributed by atoms with van der Waals surface area (Å²) in [5.41, 5.74) is 1.17. The zero-order valence-electron chi connectivity index (χ0n) is 7.10. The van der Waals surface area contributed by atoms with Gasteiger partial charge in [-0.25, -0.2) is 4.98 Å². The molecule has 4 nitrogen and oxygen atoms in total. The van der Waals surface area contributed by atoms with Crippen molar-refractivity contribution in [1.29, 1.82) is 0 Å². The normalized spacial score (nSPS) is 10.6. The Balaban J connectivity index is 2.51. The van der Waals surface area contributed by atoms with E-state index in [0.717, 1.165) is 0 Å². The number of carboxylic acid groups (broad SMARTS) is 1. The van der Waals surface area contributed by atoms with E-state index in [1.54, 1.807) is 18.2 Å². The minimum atomic E-state index is -0.961. The number of hydrogen-bond acceptors (Lipinski definition) is 4. The summed E-state index contributed by atoms with van der Waals surface area (Å²) in [6.45, 7) is 0. The number of aliphatic carboxylic acids is 1. The van der Waals surface area contributed by atoms with Crippen molar-refractivity contribution in [3.8, 4) is 0 Å². The average Bonchev–Trinajstić information content (AvgIpc) is 2.47. The number of aromatic nitrogens is 1. The zero-order valence-corrected chi connectivity index (χ0v) is 7.99. The Morgan fingerprint density at radius 2 is 2.36 bits per heavy atom. The van der Waals surface area contributed by atoms with Crippen LogP contribution < -0.4 is 0 Å². The minimum absolute atomic E-state index is 0.203. The molecule has 0 aliphatic rings. The first-order chi connectivity index (χ1) is 6.66. The lowest BCUT2D eigenvalue weighted by Crippen LogP contribution is -1.99. The molecule has 0 atom stereocenters. The molecule has 2 rings (SSSR count). The molecular weight excluding hydrogens is 202 g/mol. The Morgan fingerprint density at radius 3 is 3.00 bits per heavy atom. The molecule has 0 saturated heterocycles. The van der Waals surface area contributed by atoms with Gasteiger partial charge in [0.05, 0.1) is 0 Å². The molecule has 0 bridgehead atoms. The predicted molar refractivity (Wildman–Crippen MR) is 52.6 cm³/mol. The van der Waals surface area contributed by atoms with Gasteiger partial charge in [-0.3, -0.25) is 4.79 Å². The highest BCUT2D eigenvalue weighted by Gasteiger charge is 2.10. The lowest BCUT2D eigenvalue weighted by atomic mass is 10.3. The van der Waals surface area contributed by atoms with Gasteiger partial charge in [-0.05, 0) is 12.1 Å². The molecular formula is C9H7NO3S. The van der Waals surface area contributed by atoms with Crippen LogP contribution in [0.1, 0.15) is 5.89 Å². The second-order valence-corrected chi connectivity index (χ2v) is 3.29. The van der Waals surface area contributed by atoms with Crippen molar-refractivity contribution >= 4 is 29.7 Å². The largest absolute Gasteiger partial charge is 0.481 e. The third-order valence-corrected chi connectivity index (χ3v) is 2.09. The van der Waals surface area contributed by atoms with Crippen LogP contribution in [0.25, 0.3) is 11.1 Å². The molecule has 0 spiro atoms. The van der Waals surface area contributed by atoms with Gasteiger partial charge >= 0.3 is 5.97 Å². The fourth-order valence-corrected chi connectivity index (χ4v) is 1.43. The number of thiol groups is 1. The molecule has 0 amide bonds. The highest BCUT2D eigenvalue weighted by atomic mass is 32.1. The van der Waals surface area contributed by atoms with Crippen LogP contribution in [0.15, 0.2) is 27.5 Å². The third kappa shape index (κ3) is 1.58. The fourth-order valence-electron chi connectivity index (χ4n) is 1.19. The summed E-state index contributed by atoms with van der Waals surface area (Å²) in [6.07, 6.45) is -0.206. The summed E-state index contributed by atoms with van der Waals surface area (Å²) in [5.74, 6) is -0.758. The van der Waals surface area contributed by atoms with Crippen LogP contribution >= 0.6 is 12.6 Å². The third-order valence-electron chi connectivity index (χ3n) is 1.74. The number of rotatable bonds is 2. The van der Waals surface area contributed by atoms with E-state index < -0.39 is 5.97 Å². The number of para-hydroxylation sites is 1. The van der Waals surface area contributed by atoms with Gasteiger partial charge < -0.3 is 9.52 Å². The maximum absolute atomic E-state index is 10.4. The number of carboxylic acids is 1. The summed E-state index contributed by atoms with van der Waals surface area (Å²) >= 11 is 4.17. The number of oxazole rings is 1. The van der Waals surface area contributed by atoms with E-state index in [4.69, 9.17) is 9.52 Å². The average molecular weight is 209 g/mol. The summed E-state index contributed by atoms with van der Waals surface area (Å²) in [5, 5.41) is 8.54. The van der Waals surface area contributed by atoms with Crippen molar-refractivity contribution in [2.75, 3.05) is 0 Å². The predicted octanol–water partition coefficient (Wildman–Crippen LogP) is 1.74. The van der Waals surface area contributed by atoms with Crippen LogP contribution in [-0.4, -0.2) is 16.1 Å². The molecule has 5 heteroatoms. The van der Waals surface area contributed by atoms with Crippen molar-refractivity contribution in [1.82, 2.24) is 4.98 Å². The Kier molecular flexibility index (Phi) is 2.17. The molecule has 0 saturated carbocycles. The molecule has 2 aromatic rings. The van der Waals surface area contributed by atoms with Crippen molar-refractivity contribution in [2.45, 2.75) is 11.3 Å². The Labute approximate surface area is 85.0 Å². The summed E-state index contributed by atoms with van der Waals surface area (Å²) in [4.78, 5) is 15.1. The van der Waals surface area contributed by atoms with E-state index in [9.17, 15) is 4.79 Å². The first kappa shape index (κ1) is 9.08. The highest BCUT2D eigenvalue weighted by molar-refractivity contribution is 7.80. The van der Waals surface area contributed by atoms with Crippen LogP contribution in [0.5, 0.6) is 0 Å². The standard InChI is InChI=1S/C9H7NO3S/c11-8(12)4-7-10-5-2-1-3-6(14)9(5)13-7/h1-3,14H,4H2,(H,11,12). The topological polar surface area (TPSA) is 63.3 Å². The smallest absolute Gasteiger partial charge is 0.312 e. The van der Waals surface area contributed by atoms with Gasteiger partial charge in [-0.2, -0.15) is 0 Å². The van der Waals surface area contributed by atoms with Gasteiger partial charge in [0.1, 0.15) is 11.9 Å². The number of nitrogens with zero attached hydrogens (tertiary/aromatic N) is 1. The molecule has 1 heterocycles. The van der Waals surface area contributed by atoms with Gasteiger partial charge in [0.25, 0.3) is 0 Å². The minimum Gasteiger partial charge on any atom is -0.481 e. The van der Waals surface area contributed by atoms with E-state index in [0.29, 0.717) is 16.0 Å². The van der Waals surface area contributed by atoms with Crippen LogP contribution in [0.4, 0.5) is 0 Å². The second kappa shape index (κ2) is 3.34. The lowest BCUT2D eigenvalue weighted by molar-refractivity contribution is -0.136. The fraction of sp³-hybridized carbons (Fsp3) is 0.111. The Bertz CT molecular complexity index is 492. The van der Waals surface area contributed by atoms with Crippen molar-refractivity contribution in [3.05, 3.63) is 24.1 Å². The molecule has 72 valence electrons. The molecule has 0 aliphatic heterocycles. The van der Waals surface area contributed by atoms with Gasteiger partial charge in [-0.15, -0.1) is 12.6 Å². The van der Waals surface area contributed by atoms with Crippen molar-refractivity contribution < 1.29 is 14.3 Å². The number of hydrogen-bond donors (Lipinski definition) is 2. The molecule has 1 aromatic carbocycles. The first-order valence-electron chi connectivity index (χ1n) is 3.96. The van der Waals surface area contributed by atoms with E-state index in [1.807, 2.05) is 0 Å². The maximum Gasteiger partial charge on any atom is 0.312 e. The molecule has 0 unspecified atom stereocenters. The SMILES string of the molecule is O=C(O)Cc1nc2cccc(S)c2o1. The first-order valence-corrected chi connectivity index (χ1v) is 4.41. The van der Waals surface area contributed by atoms with Crippen LogP contribution in [0.3, 0.4) is 0 Å². The van der Waals surface area contributed by atoms with Crippen LogP contribution in [-0.2, 0) is 11.2 Å². The quantitative estimate of drug-likeness (QED) is 0.739. The van der Waals surface area contributed by atoms with E-state index in [-0.39, 0.29) is 12.3 Å². The summed E-state index contributed by atoms with van der Waals surface area (Å²) in [7, 11) is 0. The molecule has 1 aromatic heterocycles. The molecule has 0 aliphatic carbocycles. The van der Waals surface area contributed by atoms with Crippen molar-refractivity contribution in [2.24, 2.45) is 0 Å². The van der Waals surface area contributed by atoms with E-state index >= 15 is 0 Å². The van der Waals surface area contributed by atoms with E-state index in [2.05, 4.69) is 17.6 Å². The number of carbonyl (C=O) groups is 1. The van der Waals surface area contributed by atoms with Gasteiger partial charge in [0.15, 0.2) is 5.58 Å². The molecule has 0 fully saturated rings. The van der Waals surface area contributed by atoms with Crippen LogP contribution in [0, 0.1) is 0 Å². The summed E-state index contributed by atoms with van der Waals surface area (Å²) < 4.78 is 5.24. The lowest BCUT2D eigenvalue weighted by Gasteiger charge is -1.89. The number of fused-ring (bicyclic) bond motifs is 1. The molecule has 14 heavy (non-hydrogen) atoms. The van der Waals surface area contributed by atoms with Gasteiger partial charge in [0, 0.05) is 4.90 Å². The molecule has 1 N–H and O–H groups in total. The Hall–Kier alpha value is -1.49. The second-order valence-electron chi connectivity index (χ2n) is 2.80. The van der Waals surface area contributed by atoms with Gasteiger partial charge in [0.2, 0.25) is 5.89 Å². The Morgan fingerprint density at radius 1 is 1.57 bits per heavy atom. The number of benzene rings is 1. The summed E-state index contributed by atoms with van der Waals surface area (Å²) in [6, 6.07) is 5.31.